The molecule has 1 fully saturated rings. The summed E-state index contributed by atoms with van der Waals surface area (Å²) >= 11 is 3.50. The van der Waals surface area contributed by atoms with Crippen LogP contribution in [-0.4, -0.2) is 26.1 Å². The lowest BCUT2D eigenvalue weighted by Crippen LogP contribution is -2.24. The average molecular weight is 344 g/mol. The van der Waals surface area contributed by atoms with Crippen molar-refractivity contribution in [2.45, 2.75) is 18.9 Å². The summed E-state index contributed by atoms with van der Waals surface area (Å²) in [7, 11) is 0. The number of hydrogen-bond donors (Lipinski definition) is 0. The minimum atomic E-state index is 0.382. The maximum atomic E-state index is 4.30. The van der Waals surface area contributed by atoms with E-state index in [4.69, 9.17) is 0 Å². The number of halogens is 1. The van der Waals surface area contributed by atoms with Crippen LogP contribution in [-0.2, 0) is 0 Å². The molecule has 1 aliphatic heterocycles. The van der Waals surface area contributed by atoms with Crippen LogP contribution < -0.4 is 4.90 Å². The summed E-state index contributed by atoms with van der Waals surface area (Å²) in [6, 6.07) is 8.96. The van der Waals surface area contributed by atoms with E-state index in [9.17, 15) is 0 Å². The Morgan fingerprint density at radius 3 is 2.86 bits per heavy atom. The Morgan fingerprint density at radius 2 is 2.00 bits per heavy atom. The predicted molar refractivity (Wildman–Crippen MR) is 84.2 cm³/mol. The second-order valence-corrected chi connectivity index (χ2v) is 6.14. The lowest BCUT2D eigenvalue weighted by Gasteiger charge is -2.27. The Bertz CT molecular complexity index is 767. The fraction of sp³-hybridized carbons (Fsp3) is 0.267. The number of nitrogens with zero attached hydrogens (tertiary/aromatic N) is 5. The molecule has 1 unspecified atom stereocenters. The second-order valence-electron chi connectivity index (χ2n) is 5.23. The molecule has 3 aromatic rings. The average Bonchev–Trinajstić information content (AvgIpc) is 3.16. The van der Waals surface area contributed by atoms with Crippen molar-refractivity contribution < 1.29 is 0 Å². The van der Waals surface area contributed by atoms with Gasteiger partial charge in [0.05, 0.1) is 18.4 Å². The number of anilines is 1. The minimum absolute atomic E-state index is 0.382. The molecule has 0 bridgehead atoms. The van der Waals surface area contributed by atoms with Crippen molar-refractivity contribution in [3.8, 4) is 0 Å². The highest BCUT2D eigenvalue weighted by Gasteiger charge is 2.27. The molecule has 1 aromatic carbocycles. The van der Waals surface area contributed by atoms with E-state index in [0.29, 0.717) is 6.04 Å². The predicted octanol–water partition coefficient (Wildman–Crippen LogP) is 3.23. The number of aromatic nitrogens is 4. The van der Waals surface area contributed by atoms with Gasteiger partial charge in [0, 0.05) is 11.0 Å². The van der Waals surface area contributed by atoms with Gasteiger partial charge in [0.25, 0.3) is 0 Å². The monoisotopic (exact) mass is 343 g/mol. The molecule has 0 amide bonds. The molecule has 1 saturated heterocycles. The SMILES string of the molecule is Brc1ccc(C2CCCN2c2cncc3nncn23)cc1. The van der Waals surface area contributed by atoms with Crippen molar-refractivity contribution in [3.63, 3.8) is 0 Å². The van der Waals surface area contributed by atoms with Gasteiger partial charge in [-0.2, -0.15) is 0 Å². The van der Waals surface area contributed by atoms with Crippen LogP contribution in [0.5, 0.6) is 0 Å². The molecule has 0 aliphatic carbocycles. The van der Waals surface area contributed by atoms with E-state index < -0.39 is 0 Å². The molecule has 0 N–H and O–H groups in total. The molecule has 1 aliphatic rings. The summed E-state index contributed by atoms with van der Waals surface area (Å²) in [6.07, 6.45) is 7.72. The highest BCUT2D eigenvalue weighted by atomic mass is 79.9. The van der Waals surface area contributed by atoms with Gasteiger partial charge >= 0.3 is 0 Å². The van der Waals surface area contributed by atoms with Crippen LogP contribution in [0.15, 0.2) is 47.5 Å². The van der Waals surface area contributed by atoms with Gasteiger partial charge in [-0.25, -0.2) is 0 Å². The summed E-state index contributed by atoms with van der Waals surface area (Å²) in [5, 5.41) is 8.06. The van der Waals surface area contributed by atoms with Gasteiger partial charge in [-0.3, -0.25) is 9.38 Å². The zero-order chi connectivity index (χ0) is 14.2. The van der Waals surface area contributed by atoms with E-state index in [-0.39, 0.29) is 0 Å². The molecule has 3 heterocycles. The van der Waals surface area contributed by atoms with Crippen molar-refractivity contribution >= 4 is 27.4 Å². The van der Waals surface area contributed by atoms with E-state index in [1.54, 1.807) is 12.5 Å². The number of fused-ring (bicyclic) bond motifs is 1. The van der Waals surface area contributed by atoms with Crippen LogP contribution >= 0.6 is 15.9 Å². The molecule has 5 nitrogen and oxygen atoms in total. The molecule has 0 saturated carbocycles. The van der Waals surface area contributed by atoms with Gasteiger partial charge in [-0.05, 0) is 30.5 Å². The first-order valence-corrected chi connectivity index (χ1v) is 7.78. The van der Waals surface area contributed by atoms with Crippen molar-refractivity contribution in [3.05, 3.63) is 53.0 Å². The fourth-order valence-electron chi connectivity index (χ4n) is 3.03. The summed E-state index contributed by atoms with van der Waals surface area (Å²) in [5.74, 6) is 1.06. The van der Waals surface area contributed by atoms with Gasteiger partial charge in [-0.1, -0.05) is 28.1 Å². The molecule has 21 heavy (non-hydrogen) atoms. The van der Waals surface area contributed by atoms with E-state index in [1.165, 1.54) is 12.0 Å². The zero-order valence-electron chi connectivity index (χ0n) is 11.4. The Balaban J connectivity index is 1.76. The van der Waals surface area contributed by atoms with Gasteiger partial charge in [0.1, 0.15) is 12.1 Å². The highest BCUT2D eigenvalue weighted by Crippen LogP contribution is 2.36. The summed E-state index contributed by atoms with van der Waals surface area (Å²) in [4.78, 5) is 6.69. The van der Waals surface area contributed by atoms with Crippen LogP contribution in [0.1, 0.15) is 24.4 Å². The molecule has 106 valence electrons. The van der Waals surface area contributed by atoms with Crippen LogP contribution in [0.3, 0.4) is 0 Å². The van der Waals surface area contributed by atoms with Crippen LogP contribution in [0.4, 0.5) is 5.82 Å². The molecule has 6 heteroatoms. The maximum Gasteiger partial charge on any atom is 0.180 e. The largest absolute Gasteiger partial charge is 0.349 e. The standard InChI is InChI=1S/C15H14BrN5/c16-12-5-3-11(4-6-12)13-2-1-7-20(13)15-9-17-8-14-19-18-10-21(14)15/h3-6,8-10,13H,1-2,7H2. The fourth-order valence-corrected chi connectivity index (χ4v) is 3.29. The highest BCUT2D eigenvalue weighted by molar-refractivity contribution is 9.10. The molecule has 2 aromatic heterocycles. The van der Waals surface area contributed by atoms with E-state index in [0.717, 1.165) is 28.9 Å². The molecule has 1 atom stereocenters. The number of rotatable bonds is 2. The van der Waals surface area contributed by atoms with E-state index in [2.05, 4.69) is 60.3 Å². The normalized spacial score (nSPS) is 18.5. The summed E-state index contributed by atoms with van der Waals surface area (Å²) in [6.45, 7) is 1.03. The third kappa shape index (κ3) is 2.19. The van der Waals surface area contributed by atoms with Gasteiger partial charge in [-0.15, -0.1) is 10.2 Å². The molecular weight excluding hydrogens is 330 g/mol. The van der Waals surface area contributed by atoms with E-state index in [1.807, 2.05) is 10.6 Å². The number of hydrogen-bond acceptors (Lipinski definition) is 4. The van der Waals surface area contributed by atoms with Gasteiger partial charge in [0.2, 0.25) is 0 Å². The Morgan fingerprint density at radius 1 is 1.14 bits per heavy atom. The second kappa shape index (κ2) is 5.11. The van der Waals surface area contributed by atoms with Crippen LogP contribution in [0, 0.1) is 0 Å². The lowest BCUT2D eigenvalue weighted by atomic mass is 10.0. The van der Waals surface area contributed by atoms with Crippen LogP contribution in [0.25, 0.3) is 5.65 Å². The topological polar surface area (TPSA) is 46.3 Å². The van der Waals surface area contributed by atoms with Crippen molar-refractivity contribution in [2.24, 2.45) is 0 Å². The first kappa shape index (κ1) is 12.8. The van der Waals surface area contributed by atoms with Gasteiger partial charge in [0.15, 0.2) is 5.65 Å². The molecule has 0 radical (unpaired) electrons. The Kier molecular flexibility index (Phi) is 3.11. The Hall–Kier alpha value is -1.95. The number of benzene rings is 1. The van der Waals surface area contributed by atoms with Crippen LogP contribution in [0.2, 0.25) is 0 Å². The third-order valence-electron chi connectivity index (χ3n) is 4.00. The van der Waals surface area contributed by atoms with Gasteiger partial charge < -0.3 is 4.90 Å². The Labute approximate surface area is 130 Å². The van der Waals surface area contributed by atoms with E-state index >= 15 is 0 Å². The lowest BCUT2D eigenvalue weighted by molar-refractivity contribution is 0.706. The molecule has 0 spiro atoms. The smallest absolute Gasteiger partial charge is 0.180 e. The summed E-state index contributed by atoms with van der Waals surface area (Å²) < 4.78 is 3.11. The first-order chi connectivity index (χ1) is 10.3. The van der Waals surface area contributed by atoms with Crippen molar-refractivity contribution in [1.29, 1.82) is 0 Å². The quantitative estimate of drug-likeness (QED) is 0.716. The zero-order valence-corrected chi connectivity index (χ0v) is 12.9. The molecular formula is C15H14BrN5. The van der Waals surface area contributed by atoms with Crippen molar-refractivity contribution in [2.75, 3.05) is 11.4 Å². The summed E-state index contributed by atoms with van der Waals surface area (Å²) in [5.41, 5.74) is 2.12. The first-order valence-electron chi connectivity index (χ1n) is 6.99. The third-order valence-corrected chi connectivity index (χ3v) is 4.53. The minimum Gasteiger partial charge on any atom is -0.349 e. The maximum absolute atomic E-state index is 4.30. The molecule has 4 rings (SSSR count). The van der Waals surface area contributed by atoms with Crippen molar-refractivity contribution in [1.82, 2.24) is 19.6 Å².